The standard InChI is InChI=1S/C15H15BrO/c1-15(2)8-13(17)11-7-12(16)9-5-3-4-6-10(9)14(11)15/h3-7,13,17H,8H2,1-2H3. The zero-order valence-electron chi connectivity index (χ0n) is 10.00. The molecule has 0 fully saturated rings. The minimum Gasteiger partial charge on any atom is -0.388 e. The van der Waals surface area contributed by atoms with Crippen LogP contribution in [0.2, 0.25) is 0 Å². The lowest BCUT2D eigenvalue weighted by atomic mass is 9.83. The van der Waals surface area contributed by atoms with E-state index in [2.05, 4.69) is 60.1 Å². The van der Waals surface area contributed by atoms with E-state index in [1.54, 1.807) is 0 Å². The monoisotopic (exact) mass is 290 g/mol. The molecular formula is C15H15BrO. The Morgan fingerprint density at radius 2 is 1.88 bits per heavy atom. The van der Waals surface area contributed by atoms with Gasteiger partial charge >= 0.3 is 0 Å². The largest absolute Gasteiger partial charge is 0.388 e. The van der Waals surface area contributed by atoms with Crippen LogP contribution in [0.5, 0.6) is 0 Å². The molecule has 2 heteroatoms. The van der Waals surface area contributed by atoms with Gasteiger partial charge in [0.25, 0.3) is 0 Å². The van der Waals surface area contributed by atoms with Gasteiger partial charge in [-0.15, -0.1) is 0 Å². The fraction of sp³-hybridized carbons (Fsp3) is 0.333. The molecule has 1 atom stereocenters. The molecule has 0 heterocycles. The number of hydrogen-bond acceptors (Lipinski definition) is 1. The molecule has 2 aromatic carbocycles. The van der Waals surface area contributed by atoms with Gasteiger partial charge in [0, 0.05) is 4.47 Å². The van der Waals surface area contributed by atoms with E-state index in [1.807, 2.05) is 0 Å². The van der Waals surface area contributed by atoms with Crippen molar-refractivity contribution < 1.29 is 5.11 Å². The van der Waals surface area contributed by atoms with Crippen molar-refractivity contribution in [3.8, 4) is 0 Å². The Morgan fingerprint density at radius 3 is 2.59 bits per heavy atom. The summed E-state index contributed by atoms with van der Waals surface area (Å²) >= 11 is 3.60. The predicted octanol–water partition coefficient (Wildman–Crippen LogP) is 4.32. The van der Waals surface area contributed by atoms with Crippen molar-refractivity contribution in [2.45, 2.75) is 31.8 Å². The summed E-state index contributed by atoms with van der Waals surface area (Å²) in [5.74, 6) is 0. The summed E-state index contributed by atoms with van der Waals surface area (Å²) in [5.41, 5.74) is 2.44. The smallest absolute Gasteiger partial charge is 0.0801 e. The molecule has 0 saturated heterocycles. The number of aliphatic hydroxyl groups excluding tert-OH is 1. The van der Waals surface area contributed by atoms with Crippen LogP contribution in [0.15, 0.2) is 34.8 Å². The highest BCUT2D eigenvalue weighted by atomic mass is 79.9. The zero-order chi connectivity index (χ0) is 12.2. The molecule has 0 spiro atoms. The Morgan fingerprint density at radius 1 is 1.24 bits per heavy atom. The Balaban J connectivity index is 2.47. The topological polar surface area (TPSA) is 20.2 Å². The summed E-state index contributed by atoms with van der Waals surface area (Å²) in [6, 6.07) is 10.5. The van der Waals surface area contributed by atoms with Crippen molar-refractivity contribution in [2.75, 3.05) is 0 Å². The lowest BCUT2D eigenvalue weighted by Gasteiger charge is -2.21. The summed E-state index contributed by atoms with van der Waals surface area (Å²) in [7, 11) is 0. The molecule has 0 amide bonds. The first-order valence-corrected chi connectivity index (χ1v) is 6.70. The van der Waals surface area contributed by atoms with Crippen molar-refractivity contribution in [1.29, 1.82) is 0 Å². The lowest BCUT2D eigenvalue weighted by molar-refractivity contribution is 0.161. The first-order chi connectivity index (χ1) is 8.00. The molecule has 0 bridgehead atoms. The molecule has 88 valence electrons. The van der Waals surface area contributed by atoms with Crippen LogP contribution in [0.25, 0.3) is 10.8 Å². The predicted molar refractivity (Wildman–Crippen MR) is 74.3 cm³/mol. The van der Waals surface area contributed by atoms with Gasteiger partial charge in [-0.3, -0.25) is 0 Å². The molecule has 3 rings (SSSR count). The second-order valence-corrected chi connectivity index (χ2v) is 6.33. The van der Waals surface area contributed by atoms with E-state index in [1.165, 1.54) is 16.3 Å². The lowest BCUT2D eigenvalue weighted by Crippen LogP contribution is -2.12. The molecule has 1 aliphatic carbocycles. The van der Waals surface area contributed by atoms with Crippen LogP contribution in [0.3, 0.4) is 0 Å². The molecule has 1 aliphatic rings. The fourth-order valence-corrected chi connectivity index (χ4v) is 3.66. The Bertz CT molecular complexity index is 601. The van der Waals surface area contributed by atoms with Gasteiger partial charge in [-0.2, -0.15) is 0 Å². The van der Waals surface area contributed by atoms with Gasteiger partial charge in [0.2, 0.25) is 0 Å². The maximum Gasteiger partial charge on any atom is 0.0801 e. The van der Waals surface area contributed by atoms with Crippen LogP contribution in [-0.4, -0.2) is 5.11 Å². The average Bonchev–Trinajstić information content (AvgIpc) is 2.49. The molecule has 1 unspecified atom stereocenters. The van der Waals surface area contributed by atoms with Crippen molar-refractivity contribution >= 4 is 26.7 Å². The SMILES string of the molecule is CC1(C)CC(O)c2cc(Br)c3ccccc3c21. The number of fused-ring (bicyclic) bond motifs is 3. The van der Waals surface area contributed by atoms with E-state index < -0.39 is 0 Å². The number of benzene rings is 2. The second-order valence-electron chi connectivity index (χ2n) is 5.47. The number of aliphatic hydroxyl groups is 1. The Hall–Kier alpha value is -0.860. The van der Waals surface area contributed by atoms with Crippen LogP contribution in [0, 0.1) is 0 Å². The second kappa shape index (κ2) is 3.56. The van der Waals surface area contributed by atoms with Gasteiger partial charge in [0.05, 0.1) is 6.10 Å². The molecule has 1 nitrogen and oxygen atoms in total. The van der Waals surface area contributed by atoms with Crippen LogP contribution < -0.4 is 0 Å². The van der Waals surface area contributed by atoms with Crippen molar-refractivity contribution in [3.63, 3.8) is 0 Å². The van der Waals surface area contributed by atoms with Gasteiger partial charge in [-0.1, -0.05) is 54.0 Å². The van der Waals surface area contributed by atoms with Crippen molar-refractivity contribution in [2.24, 2.45) is 0 Å². The third-order valence-electron chi connectivity index (χ3n) is 3.76. The molecule has 0 saturated carbocycles. The summed E-state index contributed by atoms with van der Waals surface area (Å²) in [6.07, 6.45) is 0.476. The molecule has 1 N–H and O–H groups in total. The summed E-state index contributed by atoms with van der Waals surface area (Å²) in [5, 5.41) is 12.7. The van der Waals surface area contributed by atoms with E-state index in [4.69, 9.17) is 0 Å². The van der Waals surface area contributed by atoms with E-state index >= 15 is 0 Å². The average molecular weight is 291 g/mol. The van der Waals surface area contributed by atoms with Gasteiger partial charge in [-0.25, -0.2) is 0 Å². The summed E-state index contributed by atoms with van der Waals surface area (Å²) in [6.45, 7) is 4.42. The summed E-state index contributed by atoms with van der Waals surface area (Å²) < 4.78 is 1.07. The molecule has 0 aliphatic heterocycles. The summed E-state index contributed by atoms with van der Waals surface area (Å²) in [4.78, 5) is 0. The normalized spacial score (nSPS) is 21.8. The van der Waals surface area contributed by atoms with Gasteiger partial charge in [0.15, 0.2) is 0 Å². The number of rotatable bonds is 0. The van der Waals surface area contributed by atoms with E-state index in [0.717, 1.165) is 16.5 Å². The third-order valence-corrected chi connectivity index (χ3v) is 4.42. The highest BCUT2D eigenvalue weighted by Crippen LogP contribution is 2.49. The fourth-order valence-electron chi connectivity index (χ4n) is 3.06. The van der Waals surface area contributed by atoms with Crippen LogP contribution in [0.1, 0.15) is 37.5 Å². The van der Waals surface area contributed by atoms with E-state index in [0.29, 0.717) is 0 Å². The van der Waals surface area contributed by atoms with Gasteiger partial charge < -0.3 is 5.11 Å². The maximum atomic E-state index is 10.2. The molecular weight excluding hydrogens is 276 g/mol. The van der Waals surface area contributed by atoms with Crippen LogP contribution >= 0.6 is 15.9 Å². The minimum atomic E-state index is -0.332. The Kier molecular flexibility index (Phi) is 2.36. The molecule has 17 heavy (non-hydrogen) atoms. The number of hydrogen-bond donors (Lipinski definition) is 1. The quantitative estimate of drug-likeness (QED) is 0.766. The minimum absolute atomic E-state index is 0.0506. The van der Waals surface area contributed by atoms with Crippen LogP contribution in [0.4, 0.5) is 0 Å². The van der Waals surface area contributed by atoms with Gasteiger partial charge in [0.1, 0.15) is 0 Å². The first kappa shape index (κ1) is 11.2. The number of halogens is 1. The molecule has 0 radical (unpaired) electrons. The molecule has 0 aromatic heterocycles. The van der Waals surface area contributed by atoms with Crippen molar-refractivity contribution in [1.82, 2.24) is 0 Å². The van der Waals surface area contributed by atoms with Crippen LogP contribution in [-0.2, 0) is 5.41 Å². The maximum absolute atomic E-state index is 10.2. The van der Waals surface area contributed by atoms with Gasteiger partial charge in [-0.05, 0) is 39.8 Å². The zero-order valence-corrected chi connectivity index (χ0v) is 11.6. The van der Waals surface area contributed by atoms with E-state index in [-0.39, 0.29) is 11.5 Å². The Labute approximate surface area is 110 Å². The third kappa shape index (κ3) is 1.54. The highest BCUT2D eigenvalue weighted by Gasteiger charge is 2.37. The first-order valence-electron chi connectivity index (χ1n) is 5.90. The molecule has 2 aromatic rings. The highest BCUT2D eigenvalue weighted by molar-refractivity contribution is 9.10. The van der Waals surface area contributed by atoms with Crippen molar-refractivity contribution in [3.05, 3.63) is 45.9 Å². The van der Waals surface area contributed by atoms with E-state index in [9.17, 15) is 5.11 Å².